The zero-order valence-corrected chi connectivity index (χ0v) is 12.0. The van der Waals surface area contributed by atoms with E-state index in [1.165, 1.54) is 0 Å². The minimum Gasteiger partial charge on any atom is -0.488 e. The fourth-order valence-electron chi connectivity index (χ4n) is 1.42. The van der Waals surface area contributed by atoms with Crippen molar-refractivity contribution in [2.75, 3.05) is 33.5 Å². The molecule has 0 bridgehead atoms. The highest BCUT2D eigenvalue weighted by Crippen LogP contribution is 2.23. The number of hydrogen-bond donors (Lipinski definition) is 1. The molecule has 0 heterocycles. The van der Waals surface area contributed by atoms with Gasteiger partial charge in [0.1, 0.15) is 4.99 Å². The lowest BCUT2D eigenvalue weighted by Crippen LogP contribution is -2.12. The Morgan fingerprint density at radius 2 is 1.80 bits per heavy atom. The number of rotatable bonds is 9. The minimum absolute atomic E-state index is 0.0686. The minimum atomic E-state index is -0.826. The fourth-order valence-corrected chi connectivity index (χ4v) is 1.54. The standard InChI is InChI=1S/C13H17F2NO3S/c1-17-5-6-18-3-2-4-19-12-10(14)7-9(13(16)20)8-11(12)15/h7-8H,2-6H2,1H3,(H2,16,20). The van der Waals surface area contributed by atoms with Crippen molar-refractivity contribution in [1.29, 1.82) is 0 Å². The van der Waals surface area contributed by atoms with Gasteiger partial charge in [-0.2, -0.15) is 0 Å². The second-order valence-electron chi connectivity index (χ2n) is 3.94. The average molecular weight is 305 g/mol. The van der Waals surface area contributed by atoms with Gasteiger partial charge in [0.25, 0.3) is 0 Å². The number of benzene rings is 1. The van der Waals surface area contributed by atoms with E-state index >= 15 is 0 Å². The molecule has 2 N–H and O–H groups in total. The number of thiocarbonyl (C=S) groups is 1. The third kappa shape index (κ3) is 5.36. The molecule has 4 nitrogen and oxygen atoms in total. The predicted octanol–water partition coefficient (Wildman–Crippen LogP) is 2.03. The zero-order valence-electron chi connectivity index (χ0n) is 11.2. The Morgan fingerprint density at radius 1 is 1.15 bits per heavy atom. The van der Waals surface area contributed by atoms with Gasteiger partial charge in [-0.25, -0.2) is 8.78 Å². The van der Waals surface area contributed by atoms with Crippen molar-refractivity contribution in [1.82, 2.24) is 0 Å². The number of methoxy groups -OCH3 is 1. The second kappa shape index (κ2) is 8.78. The van der Waals surface area contributed by atoms with Gasteiger partial charge < -0.3 is 19.9 Å². The van der Waals surface area contributed by atoms with Crippen LogP contribution in [0.4, 0.5) is 8.78 Å². The molecule has 0 unspecified atom stereocenters. The lowest BCUT2D eigenvalue weighted by Gasteiger charge is -2.10. The Balaban J connectivity index is 2.42. The van der Waals surface area contributed by atoms with Gasteiger partial charge in [0.05, 0.1) is 19.8 Å². The van der Waals surface area contributed by atoms with Crippen LogP contribution in [0.3, 0.4) is 0 Å². The van der Waals surface area contributed by atoms with Crippen molar-refractivity contribution in [2.45, 2.75) is 6.42 Å². The maximum atomic E-state index is 13.6. The highest BCUT2D eigenvalue weighted by Gasteiger charge is 2.13. The summed E-state index contributed by atoms with van der Waals surface area (Å²) in [7, 11) is 1.58. The molecule has 0 spiro atoms. The Bertz CT molecular complexity index is 434. The first-order valence-corrected chi connectivity index (χ1v) is 6.45. The van der Waals surface area contributed by atoms with Gasteiger partial charge in [-0.05, 0) is 12.1 Å². The van der Waals surface area contributed by atoms with Crippen LogP contribution >= 0.6 is 12.2 Å². The molecule has 0 aliphatic heterocycles. The van der Waals surface area contributed by atoms with Crippen LogP contribution in [0.1, 0.15) is 12.0 Å². The van der Waals surface area contributed by atoms with Gasteiger partial charge in [0.2, 0.25) is 0 Å². The van der Waals surface area contributed by atoms with Crippen LogP contribution in [0.2, 0.25) is 0 Å². The maximum absolute atomic E-state index is 13.6. The van der Waals surface area contributed by atoms with Crippen LogP contribution in [-0.2, 0) is 9.47 Å². The summed E-state index contributed by atoms with van der Waals surface area (Å²) in [5, 5.41) is 0. The Kier molecular flexibility index (Phi) is 7.35. The van der Waals surface area contributed by atoms with E-state index in [0.29, 0.717) is 26.2 Å². The normalized spacial score (nSPS) is 10.6. The summed E-state index contributed by atoms with van der Waals surface area (Å²) in [6, 6.07) is 2.10. The topological polar surface area (TPSA) is 53.7 Å². The van der Waals surface area contributed by atoms with Crippen molar-refractivity contribution in [2.24, 2.45) is 5.73 Å². The van der Waals surface area contributed by atoms with E-state index in [1.807, 2.05) is 0 Å². The first-order chi connectivity index (χ1) is 9.56. The lowest BCUT2D eigenvalue weighted by molar-refractivity contribution is 0.0640. The molecule has 0 radical (unpaired) electrons. The predicted molar refractivity (Wildman–Crippen MR) is 75.1 cm³/mol. The summed E-state index contributed by atoms with van der Waals surface area (Å²) in [4.78, 5) is -0.0686. The van der Waals surface area contributed by atoms with E-state index in [4.69, 9.17) is 19.9 Å². The first kappa shape index (κ1) is 16.7. The van der Waals surface area contributed by atoms with E-state index < -0.39 is 17.4 Å². The van der Waals surface area contributed by atoms with Gasteiger partial charge in [-0.3, -0.25) is 0 Å². The quantitative estimate of drug-likeness (QED) is 0.559. The summed E-state index contributed by atoms with van der Waals surface area (Å²) in [6.45, 7) is 1.55. The molecule has 7 heteroatoms. The molecule has 0 saturated carbocycles. The lowest BCUT2D eigenvalue weighted by atomic mass is 10.2. The number of halogens is 2. The Morgan fingerprint density at radius 3 is 2.35 bits per heavy atom. The average Bonchev–Trinajstić information content (AvgIpc) is 2.40. The summed E-state index contributed by atoms with van der Waals surface area (Å²) < 4.78 is 42.3. The van der Waals surface area contributed by atoms with Crippen molar-refractivity contribution >= 4 is 17.2 Å². The number of ether oxygens (including phenoxy) is 3. The highest BCUT2D eigenvalue weighted by atomic mass is 32.1. The van der Waals surface area contributed by atoms with E-state index in [2.05, 4.69) is 12.2 Å². The Hall–Kier alpha value is -1.31. The molecule has 0 aromatic heterocycles. The van der Waals surface area contributed by atoms with Crippen molar-refractivity contribution in [3.63, 3.8) is 0 Å². The van der Waals surface area contributed by atoms with Gasteiger partial charge in [-0.1, -0.05) is 12.2 Å². The molecule has 0 amide bonds. The SMILES string of the molecule is COCCOCCCOc1c(F)cc(C(N)=S)cc1F. The molecular formula is C13H17F2NO3S. The van der Waals surface area contributed by atoms with Crippen LogP contribution in [0.25, 0.3) is 0 Å². The molecule has 1 rings (SSSR count). The smallest absolute Gasteiger partial charge is 0.190 e. The van der Waals surface area contributed by atoms with Crippen molar-refractivity contribution < 1.29 is 23.0 Å². The fraction of sp³-hybridized carbons (Fsp3) is 0.462. The number of hydrogen-bond acceptors (Lipinski definition) is 4. The molecule has 0 aliphatic rings. The molecule has 112 valence electrons. The molecule has 0 fully saturated rings. The van der Waals surface area contributed by atoms with Gasteiger partial charge in [0.15, 0.2) is 17.4 Å². The molecule has 0 saturated heterocycles. The van der Waals surface area contributed by atoms with Crippen LogP contribution in [0.15, 0.2) is 12.1 Å². The molecule has 0 atom stereocenters. The summed E-state index contributed by atoms with van der Waals surface area (Å²) in [6.07, 6.45) is 0.514. The Labute approximate surface area is 121 Å². The van der Waals surface area contributed by atoms with E-state index in [1.54, 1.807) is 7.11 Å². The third-order valence-electron chi connectivity index (χ3n) is 2.39. The molecule has 20 heavy (non-hydrogen) atoms. The van der Waals surface area contributed by atoms with Gasteiger partial charge in [-0.15, -0.1) is 0 Å². The molecule has 0 aliphatic carbocycles. The first-order valence-electron chi connectivity index (χ1n) is 6.04. The highest BCUT2D eigenvalue weighted by molar-refractivity contribution is 7.80. The van der Waals surface area contributed by atoms with Gasteiger partial charge in [0, 0.05) is 25.7 Å². The maximum Gasteiger partial charge on any atom is 0.190 e. The zero-order chi connectivity index (χ0) is 15.0. The largest absolute Gasteiger partial charge is 0.488 e. The van der Waals surface area contributed by atoms with Crippen LogP contribution < -0.4 is 10.5 Å². The van der Waals surface area contributed by atoms with Crippen molar-refractivity contribution in [3.8, 4) is 5.75 Å². The van der Waals surface area contributed by atoms with E-state index in [9.17, 15) is 8.78 Å². The molecule has 1 aromatic carbocycles. The van der Waals surface area contributed by atoms with E-state index in [0.717, 1.165) is 12.1 Å². The second-order valence-corrected chi connectivity index (χ2v) is 4.38. The molecular weight excluding hydrogens is 288 g/mol. The number of nitrogens with two attached hydrogens (primary N) is 1. The summed E-state index contributed by atoms with van der Waals surface area (Å²) in [5.41, 5.74) is 5.44. The summed E-state index contributed by atoms with van der Waals surface area (Å²) >= 11 is 4.66. The monoisotopic (exact) mass is 305 g/mol. The summed E-state index contributed by atoms with van der Waals surface area (Å²) in [5.74, 6) is -2.08. The van der Waals surface area contributed by atoms with E-state index in [-0.39, 0.29) is 17.2 Å². The van der Waals surface area contributed by atoms with Crippen LogP contribution in [0.5, 0.6) is 5.75 Å². The van der Waals surface area contributed by atoms with Crippen molar-refractivity contribution in [3.05, 3.63) is 29.3 Å². The van der Waals surface area contributed by atoms with Gasteiger partial charge >= 0.3 is 0 Å². The molecule has 1 aromatic rings. The third-order valence-corrected chi connectivity index (χ3v) is 2.63. The van der Waals surface area contributed by atoms with Crippen LogP contribution in [0, 0.1) is 11.6 Å². The van der Waals surface area contributed by atoms with Crippen LogP contribution in [-0.4, -0.2) is 38.5 Å².